The maximum absolute atomic E-state index is 5.40. The van der Waals surface area contributed by atoms with Crippen molar-refractivity contribution in [3.8, 4) is 50.8 Å². The van der Waals surface area contributed by atoms with Gasteiger partial charge in [0.25, 0.3) is 0 Å². The molecule has 0 radical (unpaired) electrons. The lowest BCUT2D eigenvalue weighted by Gasteiger charge is -2.14. The lowest BCUT2D eigenvalue weighted by molar-refractivity contribution is 1.14. The van der Waals surface area contributed by atoms with Gasteiger partial charge in [-0.25, -0.2) is 9.97 Å². The van der Waals surface area contributed by atoms with E-state index in [1.54, 1.807) is 0 Å². The Balaban J connectivity index is 0.944. The summed E-state index contributed by atoms with van der Waals surface area (Å²) in [6.45, 7) is 0. The van der Waals surface area contributed by atoms with Crippen LogP contribution in [0.3, 0.4) is 0 Å². The first-order valence-corrected chi connectivity index (χ1v) is 24.2. The van der Waals surface area contributed by atoms with Gasteiger partial charge in [-0.3, -0.25) is 0 Å². The molecule has 0 saturated heterocycles. The van der Waals surface area contributed by atoms with Crippen LogP contribution in [0.25, 0.3) is 138 Å². The van der Waals surface area contributed by atoms with Crippen molar-refractivity contribution in [3.05, 3.63) is 249 Å². The normalized spacial score (nSPS) is 11.9. The molecule has 0 N–H and O–H groups in total. The van der Waals surface area contributed by atoms with Crippen LogP contribution in [0.1, 0.15) is 0 Å². The molecule has 0 aliphatic heterocycles. The van der Waals surface area contributed by atoms with Gasteiger partial charge in [0, 0.05) is 71.3 Å². The minimum Gasteiger partial charge on any atom is -0.309 e. The zero-order valence-corrected chi connectivity index (χ0v) is 38.4. The van der Waals surface area contributed by atoms with E-state index in [4.69, 9.17) is 9.97 Å². The van der Waals surface area contributed by atoms with Gasteiger partial charge >= 0.3 is 0 Å². The Morgan fingerprint density at radius 3 is 1.18 bits per heavy atom. The fourth-order valence-electron chi connectivity index (χ4n) is 11.4. The summed E-state index contributed by atoms with van der Waals surface area (Å²) in [7, 11) is 0. The zero-order chi connectivity index (χ0) is 46.6. The van der Waals surface area contributed by atoms with Crippen molar-refractivity contribution in [2.24, 2.45) is 0 Å². The minimum absolute atomic E-state index is 0.699. The molecule has 4 aromatic heterocycles. The highest BCUT2D eigenvalue weighted by atomic mass is 15.0. The Kier molecular flexibility index (Phi) is 8.59. The van der Waals surface area contributed by atoms with Gasteiger partial charge in [-0.15, -0.1) is 0 Å². The molecule has 15 aromatic rings. The van der Waals surface area contributed by atoms with Gasteiger partial charge in [0.05, 0.1) is 44.3 Å². The van der Waals surface area contributed by atoms with E-state index in [1.807, 2.05) is 0 Å². The van der Waals surface area contributed by atoms with Crippen LogP contribution in [0.15, 0.2) is 249 Å². The van der Waals surface area contributed by atoms with Crippen LogP contribution in [-0.2, 0) is 0 Å². The highest BCUT2D eigenvalue weighted by Crippen LogP contribution is 2.41. The van der Waals surface area contributed by atoms with E-state index < -0.39 is 0 Å². The van der Waals surface area contributed by atoms with Crippen LogP contribution >= 0.6 is 0 Å². The van der Waals surface area contributed by atoms with Crippen molar-refractivity contribution in [3.63, 3.8) is 0 Å². The number of hydrogen-bond acceptors (Lipinski definition) is 2. The molecular formula is C66H41N5. The van der Waals surface area contributed by atoms with E-state index in [0.29, 0.717) is 5.82 Å². The van der Waals surface area contributed by atoms with E-state index >= 15 is 0 Å². The SMILES string of the molecule is c1ccc(-c2ccc(-c3nc(-c4ccc(-n5c6cc(-n7c8ccccc8c8ccccc87)ccc6c6ccc(-n7c8ccccc8c8ccccc87)cc65)cc4)c4ccc5ccccc5c4n3)cc2)cc1. The smallest absolute Gasteiger partial charge is 0.160 e. The molecule has 71 heavy (non-hydrogen) atoms. The Labute approximate surface area is 408 Å². The molecule has 0 aliphatic carbocycles. The van der Waals surface area contributed by atoms with E-state index in [9.17, 15) is 0 Å². The molecule has 0 bridgehead atoms. The van der Waals surface area contributed by atoms with Crippen LogP contribution in [-0.4, -0.2) is 23.7 Å². The van der Waals surface area contributed by atoms with E-state index in [1.165, 1.54) is 59.9 Å². The number of aromatic nitrogens is 5. The first kappa shape index (κ1) is 39.4. The highest BCUT2D eigenvalue weighted by Gasteiger charge is 2.20. The van der Waals surface area contributed by atoms with Crippen LogP contribution in [0.5, 0.6) is 0 Å². The molecule has 0 unspecified atom stereocenters. The van der Waals surface area contributed by atoms with Crippen molar-refractivity contribution in [1.29, 1.82) is 0 Å². The summed E-state index contributed by atoms with van der Waals surface area (Å²) in [5.74, 6) is 0.699. The van der Waals surface area contributed by atoms with Crippen LogP contribution in [0.4, 0.5) is 0 Å². The van der Waals surface area contributed by atoms with E-state index in [0.717, 1.165) is 72.2 Å². The lowest BCUT2D eigenvalue weighted by Crippen LogP contribution is -1.99. The number of hydrogen-bond donors (Lipinski definition) is 0. The fourth-order valence-corrected chi connectivity index (χ4v) is 11.4. The van der Waals surface area contributed by atoms with Gasteiger partial charge in [0.1, 0.15) is 0 Å². The van der Waals surface area contributed by atoms with Gasteiger partial charge in [-0.05, 0) is 83.2 Å². The average Bonchev–Trinajstić information content (AvgIpc) is 4.08. The summed E-state index contributed by atoms with van der Waals surface area (Å²) in [4.78, 5) is 10.7. The third-order valence-electron chi connectivity index (χ3n) is 14.7. The van der Waals surface area contributed by atoms with Gasteiger partial charge in [-0.1, -0.05) is 182 Å². The topological polar surface area (TPSA) is 40.6 Å². The second-order valence-corrected chi connectivity index (χ2v) is 18.5. The van der Waals surface area contributed by atoms with Crippen molar-refractivity contribution >= 4 is 87.1 Å². The van der Waals surface area contributed by atoms with Crippen LogP contribution in [0, 0.1) is 0 Å². The molecule has 5 nitrogen and oxygen atoms in total. The number of para-hydroxylation sites is 4. The summed E-state index contributed by atoms with van der Waals surface area (Å²) in [5, 5.41) is 10.6. The van der Waals surface area contributed by atoms with E-state index in [-0.39, 0.29) is 0 Å². The van der Waals surface area contributed by atoms with Crippen molar-refractivity contribution in [1.82, 2.24) is 23.7 Å². The monoisotopic (exact) mass is 903 g/mol. The first-order valence-electron chi connectivity index (χ1n) is 24.2. The van der Waals surface area contributed by atoms with Crippen LogP contribution in [0.2, 0.25) is 0 Å². The fraction of sp³-hybridized carbons (Fsp3) is 0. The first-order chi connectivity index (χ1) is 35.2. The van der Waals surface area contributed by atoms with Gasteiger partial charge in [0.2, 0.25) is 0 Å². The highest BCUT2D eigenvalue weighted by molar-refractivity contribution is 6.14. The average molecular weight is 904 g/mol. The molecule has 4 heterocycles. The molecule has 11 aromatic carbocycles. The Bertz CT molecular complexity index is 4340. The maximum Gasteiger partial charge on any atom is 0.160 e. The number of fused-ring (bicyclic) bond motifs is 12. The summed E-state index contributed by atoms with van der Waals surface area (Å²) in [6, 6.07) is 89.9. The summed E-state index contributed by atoms with van der Waals surface area (Å²) in [6.07, 6.45) is 0. The quantitative estimate of drug-likeness (QED) is 0.156. The number of benzene rings is 11. The molecule has 0 fully saturated rings. The third kappa shape index (κ3) is 6.06. The molecule has 15 rings (SSSR count). The Morgan fingerprint density at radius 2 is 0.634 bits per heavy atom. The summed E-state index contributed by atoms with van der Waals surface area (Å²) >= 11 is 0. The Morgan fingerprint density at radius 1 is 0.239 bits per heavy atom. The van der Waals surface area contributed by atoms with Crippen molar-refractivity contribution < 1.29 is 0 Å². The predicted octanol–water partition coefficient (Wildman–Crippen LogP) is 17.1. The molecule has 0 atom stereocenters. The molecule has 0 saturated carbocycles. The zero-order valence-electron chi connectivity index (χ0n) is 38.4. The second-order valence-electron chi connectivity index (χ2n) is 18.5. The Hall–Kier alpha value is -9.58. The van der Waals surface area contributed by atoms with Gasteiger partial charge in [-0.2, -0.15) is 0 Å². The number of rotatable bonds is 6. The molecule has 0 aliphatic rings. The number of nitrogens with zero attached hydrogens (tertiary/aromatic N) is 5. The molecule has 5 heteroatoms. The summed E-state index contributed by atoms with van der Waals surface area (Å²) in [5.41, 5.74) is 16.5. The molecule has 330 valence electrons. The van der Waals surface area contributed by atoms with Crippen LogP contribution < -0.4 is 0 Å². The van der Waals surface area contributed by atoms with Gasteiger partial charge in [0.15, 0.2) is 5.82 Å². The largest absolute Gasteiger partial charge is 0.309 e. The molecule has 0 spiro atoms. The molecular weight excluding hydrogens is 863 g/mol. The van der Waals surface area contributed by atoms with Gasteiger partial charge < -0.3 is 13.7 Å². The molecule has 0 amide bonds. The minimum atomic E-state index is 0.699. The predicted molar refractivity (Wildman–Crippen MR) is 296 cm³/mol. The lowest BCUT2D eigenvalue weighted by atomic mass is 10.0. The second kappa shape index (κ2) is 15.5. The third-order valence-corrected chi connectivity index (χ3v) is 14.7. The van der Waals surface area contributed by atoms with Crippen molar-refractivity contribution in [2.45, 2.75) is 0 Å². The summed E-state index contributed by atoms with van der Waals surface area (Å²) < 4.78 is 7.28. The standard InChI is InChI=1S/C66H41N5/c1-2-14-42(15-3-1)43-26-28-46(29-27-43)66-67-64(57-37-32-44-16-4-5-17-50(44)65(57)68-66)45-30-33-47(34-31-45)69-62-40-48(70-58-22-10-6-18-51(58)52-19-7-11-23-59(52)70)35-38-55(62)56-39-36-49(41-63(56)69)71-60-24-12-8-20-53(60)54-21-9-13-25-61(54)71/h1-41H. The maximum atomic E-state index is 5.40. The van der Waals surface area contributed by atoms with Crippen molar-refractivity contribution in [2.75, 3.05) is 0 Å². The van der Waals surface area contributed by atoms with E-state index in [2.05, 4.69) is 262 Å².